The van der Waals surface area contributed by atoms with Crippen molar-refractivity contribution in [1.29, 1.82) is 0 Å². The van der Waals surface area contributed by atoms with Crippen molar-refractivity contribution < 1.29 is 4.74 Å². The van der Waals surface area contributed by atoms with E-state index in [1.165, 1.54) is 4.88 Å². The third kappa shape index (κ3) is 3.76. The van der Waals surface area contributed by atoms with Crippen LogP contribution in [0.5, 0.6) is 5.75 Å². The second kappa shape index (κ2) is 7.25. The van der Waals surface area contributed by atoms with Crippen molar-refractivity contribution in [3.8, 4) is 16.3 Å². The first-order valence-electron chi connectivity index (χ1n) is 7.11. The van der Waals surface area contributed by atoms with E-state index in [2.05, 4.69) is 26.1 Å². The number of benzene rings is 1. The first-order valence-corrected chi connectivity index (χ1v) is 8.30. The van der Waals surface area contributed by atoms with Crippen LogP contribution in [0.2, 0.25) is 5.02 Å². The Morgan fingerprint density at radius 2 is 2.19 bits per heavy atom. The number of hydrogen-bond donors (Lipinski definition) is 1. The molecule has 5 heteroatoms. The molecule has 0 spiro atoms. The van der Waals surface area contributed by atoms with Crippen LogP contribution < -0.4 is 10.1 Å². The van der Waals surface area contributed by atoms with Gasteiger partial charge in [0.2, 0.25) is 0 Å². The zero-order valence-electron chi connectivity index (χ0n) is 12.9. The summed E-state index contributed by atoms with van der Waals surface area (Å²) in [7, 11) is 1.65. The van der Waals surface area contributed by atoms with Gasteiger partial charge < -0.3 is 10.1 Å². The van der Waals surface area contributed by atoms with Crippen molar-refractivity contribution >= 4 is 22.9 Å². The predicted octanol–water partition coefficient (Wildman–Crippen LogP) is 4.84. The van der Waals surface area contributed by atoms with E-state index < -0.39 is 0 Å². The number of methoxy groups -OCH3 is 1. The molecule has 1 aromatic carbocycles. The number of hydrogen-bond acceptors (Lipinski definition) is 4. The van der Waals surface area contributed by atoms with Gasteiger partial charge >= 0.3 is 0 Å². The van der Waals surface area contributed by atoms with Crippen LogP contribution in [-0.2, 0) is 0 Å². The molecule has 0 radical (unpaired) electrons. The minimum absolute atomic E-state index is 0.314. The number of ether oxygens (including phenoxy) is 1. The summed E-state index contributed by atoms with van der Waals surface area (Å²) in [6.45, 7) is 7.42. The average Bonchev–Trinajstić information content (AvgIpc) is 2.86. The monoisotopic (exact) mass is 324 g/mol. The van der Waals surface area contributed by atoms with Gasteiger partial charge in [0.25, 0.3) is 0 Å². The molecule has 2 rings (SSSR count). The number of aryl methyl sites for hydroxylation is 1. The van der Waals surface area contributed by atoms with Gasteiger partial charge in [-0.15, -0.1) is 11.3 Å². The van der Waals surface area contributed by atoms with E-state index in [-0.39, 0.29) is 0 Å². The Kier molecular flexibility index (Phi) is 5.62. The van der Waals surface area contributed by atoms with Gasteiger partial charge in [0.15, 0.2) is 0 Å². The number of rotatable bonds is 6. The first kappa shape index (κ1) is 16.3. The lowest BCUT2D eigenvalue weighted by molar-refractivity contribution is 0.416. The normalized spacial score (nSPS) is 12.4. The van der Waals surface area contributed by atoms with E-state index in [1.54, 1.807) is 18.4 Å². The number of thiazole rings is 1. The lowest BCUT2D eigenvalue weighted by Crippen LogP contribution is -2.18. The maximum atomic E-state index is 6.02. The topological polar surface area (TPSA) is 34.1 Å². The minimum atomic E-state index is 0.314. The molecule has 3 nitrogen and oxygen atoms in total. The highest BCUT2D eigenvalue weighted by Crippen LogP contribution is 2.37. The van der Waals surface area contributed by atoms with Crippen molar-refractivity contribution in [2.45, 2.75) is 33.2 Å². The van der Waals surface area contributed by atoms with E-state index >= 15 is 0 Å². The fourth-order valence-corrected chi connectivity index (χ4v) is 3.51. The summed E-state index contributed by atoms with van der Waals surface area (Å²) in [5.41, 5.74) is 2.06. The van der Waals surface area contributed by atoms with Gasteiger partial charge in [0.1, 0.15) is 10.8 Å². The van der Waals surface area contributed by atoms with Gasteiger partial charge in [-0.2, -0.15) is 0 Å². The number of halogens is 1. The van der Waals surface area contributed by atoms with E-state index in [0.29, 0.717) is 11.1 Å². The van der Waals surface area contributed by atoms with Gasteiger partial charge in [-0.05, 0) is 45.0 Å². The molecule has 21 heavy (non-hydrogen) atoms. The third-order valence-electron chi connectivity index (χ3n) is 3.32. The van der Waals surface area contributed by atoms with Gasteiger partial charge in [-0.3, -0.25) is 0 Å². The SMILES string of the molecule is CCCNC(C)c1sc(-c2ccc(Cl)cc2OC)nc1C. The fourth-order valence-electron chi connectivity index (χ4n) is 2.22. The molecule has 1 heterocycles. The number of nitrogens with zero attached hydrogens (tertiary/aromatic N) is 1. The van der Waals surface area contributed by atoms with Crippen LogP contribution in [0, 0.1) is 6.92 Å². The zero-order chi connectivity index (χ0) is 15.4. The lowest BCUT2D eigenvalue weighted by Gasteiger charge is -2.11. The summed E-state index contributed by atoms with van der Waals surface area (Å²) in [4.78, 5) is 5.98. The maximum absolute atomic E-state index is 6.02. The van der Waals surface area contributed by atoms with Crippen molar-refractivity contribution in [2.24, 2.45) is 0 Å². The molecule has 0 saturated heterocycles. The van der Waals surface area contributed by atoms with E-state index in [9.17, 15) is 0 Å². The summed E-state index contributed by atoms with van der Waals surface area (Å²) in [5.74, 6) is 0.761. The van der Waals surface area contributed by atoms with Gasteiger partial charge in [0.05, 0.1) is 18.4 Å². The molecular formula is C16H21ClN2OS. The predicted molar refractivity (Wildman–Crippen MR) is 90.6 cm³/mol. The maximum Gasteiger partial charge on any atom is 0.130 e. The summed E-state index contributed by atoms with van der Waals surface area (Å²) in [6, 6.07) is 5.98. The van der Waals surface area contributed by atoms with Crippen LogP contribution in [0.15, 0.2) is 18.2 Å². The summed E-state index contributed by atoms with van der Waals surface area (Å²) >= 11 is 7.73. The van der Waals surface area contributed by atoms with Crippen molar-refractivity contribution in [2.75, 3.05) is 13.7 Å². The largest absolute Gasteiger partial charge is 0.496 e. The highest BCUT2D eigenvalue weighted by atomic mass is 35.5. The Morgan fingerprint density at radius 1 is 1.43 bits per heavy atom. The smallest absolute Gasteiger partial charge is 0.130 e. The van der Waals surface area contributed by atoms with Gasteiger partial charge in [-0.1, -0.05) is 18.5 Å². The Bertz CT molecular complexity index is 612. The quantitative estimate of drug-likeness (QED) is 0.825. The molecular weight excluding hydrogens is 304 g/mol. The van der Waals surface area contributed by atoms with Crippen LogP contribution in [-0.4, -0.2) is 18.6 Å². The molecule has 0 aliphatic carbocycles. The molecule has 1 atom stereocenters. The molecule has 0 aliphatic heterocycles. The molecule has 1 N–H and O–H groups in total. The molecule has 2 aromatic rings. The van der Waals surface area contributed by atoms with E-state index in [1.807, 2.05) is 18.2 Å². The molecule has 0 bridgehead atoms. The second-order valence-corrected chi connectivity index (χ2v) is 6.46. The third-order valence-corrected chi connectivity index (χ3v) is 4.93. The van der Waals surface area contributed by atoms with Crippen LogP contribution in [0.4, 0.5) is 0 Å². The molecule has 0 fully saturated rings. The summed E-state index contributed by atoms with van der Waals surface area (Å²) in [6.07, 6.45) is 1.13. The molecule has 114 valence electrons. The summed E-state index contributed by atoms with van der Waals surface area (Å²) < 4.78 is 5.42. The van der Waals surface area contributed by atoms with E-state index in [0.717, 1.165) is 35.0 Å². The average molecular weight is 325 g/mol. The number of aromatic nitrogens is 1. The minimum Gasteiger partial charge on any atom is -0.496 e. The van der Waals surface area contributed by atoms with Crippen molar-refractivity contribution in [1.82, 2.24) is 10.3 Å². The lowest BCUT2D eigenvalue weighted by atomic mass is 10.2. The van der Waals surface area contributed by atoms with Gasteiger partial charge in [-0.25, -0.2) is 4.98 Å². The summed E-state index contributed by atoms with van der Waals surface area (Å²) in [5, 5.41) is 5.15. The number of nitrogens with one attached hydrogen (secondary N) is 1. The molecule has 1 aromatic heterocycles. The Morgan fingerprint density at radius 3 is 2.86 bits per heavy atom. The van der Waals surface area contributed by atoms with Crippen LogP contribution in [0.25, 0.3) is 10.6 Å². The van der Waals surface area contributed by atoms with Crippen LogP contribution >= 0.6 is 22.9 Å². The molecule has 1 unspecified atom stereocenters. The zero-order valence-corrected chi connectivity index (χ0v) is 14.4. The Balaban J connectivity index is 2.34. The van der Waals surface area contributed by atoms with Gasteiger partial charge in [0, 0.05) is 15.9 Å². The molecule has 0 saturated carbocycles. The second-order valence-electron chi connectivity index (χ2n) is 4.99. The van der Waals surface area contributed by atoms with Crippen molar-refractivity contribution in [3.63, 3.8) is 0 Å². The Hall–Kier alpha value is -1.10. The molecule has 0 aliphatic rings. The Labute approximate surface area is 135 Å². The molecule has 0 amide bonds. The van der Waals surface area contributed by atoms with E-state index in [4.69, 9.17) is 21.3 Å². The van der Waals surface area contributed by atoms with Crippen LogP contribution in [0.1, 0.15) is 36.9 Å². The fraction of sp³-hybridized carbons (Fsp3) is 0.438. The highest BCUT2D eigenvalue weighted by Gasteiger charge is 2.17. The van der Waals surface area contributed by atoms with Crippen molar-refractivity contribution in [3.05, 3.63) is 33.8 Å². The highest BCUT2D eigenvalue weighted by molar-refractivity contribution is 7.15. The van der Waals surface area contributed by atoms with Crippen LogP contribution in [0.3, 0.4) is 0 Å². The first-order chi connectivity index (χ1) is 10.1. The standard InChI is InChI=1S/C16H21ClN2OS/c1-5-8-18-10(2)15-11(3)19-16(21-15)13-7-6-12(17)9-14(13)20-4/h6-7,9-10,18H,5,8H2,1-4H3.